The maximum atomic E-state index is 11.3. The number of carbonyl (C=O) groups is 1. The average molecular weight is 390 g/mol. The second-order valence-corrected chi connectivity index (χ2v) is 6.89. The van der Waals surface area contributed by atoms with E-state index in [1.165, 1.54) is 18.1 Å². The Morgan fingerprint density at radius 1 is 0.897 bits per heavy atom. The molecule has 3 rings (SSSR count). The lowest BCUT2D eigenvalue weighted by molar-refractivity contribution is -0.114. The molecule has 2 aromatic carbocycles. The zero-order chi connectivity index (χ0) is 20.8. The van der Waals surface area contributed by atoms with E-state index < -0.39 is 0 Å². The van der Waals surface area contributed by atoms with E-state index in [1.807, 2.05) is 37.3 Å². The fraction of sp³-hybridized carbons (Fsp3) is 0.261. The number of benzene rings is 2. The Balaban J connectivity index is 1.87. The summed E-state index contributed by atoms with van der Waals surface area (Å²) in [6, 6.07) is 15.8. The smallest absolute Gasteiger partial charge is 0.229 e. The van der Waals surface area contributed by atoms with Crippen molar-refractivity contribution in [3.8, 4) is 0 Å². The van der Waals surface area contributed by atoms with Crippen LogP contribution in [0.4, 0.5) is 28.8 Å². The number of aromatic nitrogens is 2. The predicted molar refractivity (Wildman–Crippen MR) is 119 cm³/mol. The van der Waals surface area contributed by atoms with Gasteiger partial charge in [0.1, 0.15) is 5.82 Å². The van der Waals surface area contributed by atoms with E-state index in [-0.39, 0.29) is 5.91 Å². The number of nitrogens with one attached hydrogen (secondary N) is 3. The average Bonchev–Trinajstić information content (AvgIpc) is 2.67. The van der Waals surface area contributed by atoms with Crippen LogP contribution in [0.25, 0.3) is 0 Å². The normalized spacial score (nSPS) is 10.5. The molecule has 0 saturated carbocycles. The Morgan fingerprint density at radius 2 is 1.55 bits per heavy atom. The van der Waals surface area contributed by atoms with Gasteiger partial charge < -0.3 is 16.0 Å². The van der Waals surface area contributed by atoms with Gasteiger partial charge >= 0.3 is 0 Å². The van der Waals surface area contributed by atoms with Crippen molar-refractivity contribution in [2.45, 2.75) is 40.5 Å². The Bertz CT molecular complexity index is 994. The summed E-state index contributed by atoms with van der Waals surface area (Å²) in [5, 5.41) is 9.52. The molecule has 0 saturated heterocycles. The fourth-order valence-electron chi connectivity index (χ4n) is 3.23. The molecule has 0 unspecified atom stereocenters. The van der Waals surface area contributed by atoms with E-state index >= 15 is 0 Å². The van der Waals surface area contributed by atoms with Crippen LogP contribution in [0.2, 0.25) is 0 Å². The van der Waals surface area contributed by atoms with Crippen LogP contribution in [-0.4, -0.2) is 15.9 Å². The zero-order valence-corrected chi connectivity index (χ0v) is 17.3. The van der Waals surface area contributed by atoms with Crippen molar-refractivity contribution in [1.29, 1.82) is 0 Å². The summed E-state index contributed by atoms with van der Waals surface area (Å²) in [4.78, 5) is 20.5. The first-order valence-electron chi connectivity index (χ1n) is 9.86. The maximum Gasteiger partial charge on any atom is 0.229 e. The number of hydrogen-bond donors (Lipinski definition) is 3. The molecular formula is C23H27N5O. The quantitative estimate of drug-likeness (QED) is 0.507. The van der Waals surface area contributed by atoms with Gasteiger partial charge in [-0.05, 0) is 49.1 Å². The van der Waals surface area contributed by atoms with Crippen molar-refractivity contribution < 1.29 is 4.79 Å². The molecule has 0 aliphatic heterocycles. The standard InChI is InChI=1S/C23H27N5O/c1-5-17-9-7-10-18(6-2)22(17)28-23-24-15(3)13-21(27-23)26-20-12-8-11-19(14-20)25-16(4)29/h7-14H,5-6H2,1-4H3,(H,25,29)(H2,24,26,27,28). The molecule has 0 spiro atoms. The lowest BCUT2D eigenvalue weighted by atomic mass is 10.0. The van der Waals surface area contributed by atoms with Crippen LogP contribution < -0.4 is 16.0 Å². The van der Waals surface area contributed by atoms with Crippen LogP contribution in [0.1, 0.15) is 37.6 Å². The summed E-state index contributed by atoms with van der Waals surface area (Å²) in [6.45, 7) is 7.72. The van der Waals surface area contributed by atoms with Crippen LogP contribution in [0, 0.1) is 6.92 Å². The van der Waals surface area contributed by atoms with Crippen LogP contribution in [0.5, 0.6) is 0 Å². The minimum atomic E-state index is -0.104. The third-order valence-electron chi connectivity index (χ3n) is 4.55. The minimum absolute atomic E-state index is 0.104. The van der Waals surface area contributed by atoms with Crippen molar-refractivity contribution in [3.05, 3.63) is 65.4 Å². The van der Waals surface area contributed by atoms with Gasteiger partial charge in [0.15, 0.2) is 0 Å². The lowest BCUT2D eigenvalue weighted by Gasteiger charge is -2.15. The van der Waals surface area contributed by atoms with Gasteiger partial charge in [-0.25, -0.2) is 4.98 Å². The largest absolute Gasteiger partial charge is 0.340 e. The highest BCUT2D eigenvalue weighted by Gasteiger charge is 2.10. The van der Waals surface area contributed by atoms with Crippen LogP contribution in [0.3, 0.4) is 0 Å². The molecule has 150 valence electrons. The molecule has 6 heteroatoms. The number of nitrogens with zero attached hydrogens (tertiary/aromatic N) is 2. The molecule has 6 nitrogen and oxygen atoms in total. The number of para-hydroxylation sites is 1. The van der Waals surface area contributed by atoms with Crippen LogP contribution in [0.15, 0.2) is 48.5 Å². The maximum absolute atomic E-state index is 11.3. The molecule has 0 aliphatic rings. The number of rotatable bonds is 7. The first-order chi connectivity index (χ1) is 14.0. The van der Waals surface area contributed by atoms with Crippen molar-refractivity contribution in [2.24, 2.45) is 0 Å². The van der Waals surface area contributed by atoms with Gasteiger partial charge in [0.2, 0.25) is 11.9 Å². The molecule has 0 radical (unpaired) electrons. The summed E-state index contributed by atoms with van der Waals surface area (Å²) in [7, 11) is 0. The van der Waals surface area contributed by atoms with E-state index in [0.717, 1.165) is 35.6 Å². The minimum Gasteiger partial charge on any atom is -0.340 e. The number of hydrogen-bond acceptors (Lipinski definition) is 5. The number of aryl methyl sites for hydroxylation is 3. The van der Waals surface area contributed by atoms with Crippen LogP contribution in [-0.2, 0) is 17.6 Å². The van der Waals surface area contributed by atoms with Gasteiger partial charge in [-0.3, -0.25) is 4.79 Å². The van der Waals surface area contributed by atoms with Gasteiger partial charge in [0.05, 0.1) is 0 Å². The molecule has 0 atom stereocenters. The molecule has 3 N–H and O–H groups in total. The Morgan fingerprint density at radius 3 is 2.21 bits per heavy atom. The monoisotopic (exact) mass is 389 g/mol. The first-order valence-corrected chi connectivity index (χ1v) is 9.86. The van der Waals surface area contributed by atoms with Crippen LogP contribution >= 0.6 is 0 Å². The molecule has 0 bridgehead atoms. The highest BCUT2D eigenvalue weighted by molar-refractivity contribution is 5.89. The third kappa shape index (κ3) is 5.31. The van der Waals surface area contributed by atoms with E-state index in [0.29, 0.717) is 11.8 Å². The molecule has 3 aromatic rings. The van der Waals surface area contributed by atoms with Crippen molar-refractivity contribution in [2.75, 3.05) is 16.0 Å². The molecule has 1 amide bonds. The summed E-state index contributed by atoms with van der Waals surface area (Å²) in [5.41, 5.74) is 6.00. The summed E-state index contributed by atoms with van der Waals surface area (Å²) in [6.07, 6.45) is 1.87. The number of carbonyl (C=O) groups excluding carboxylic acids is 1. The topological polar surface area (TPSA) is 78.9 Å². The molecule has 1 aromatic heterocycles. The third-order valence-corrected chi connectivity index (χ3v) is 4.55. The SMILES string of the molecule is CCc1cccc(CC)c1Nc1nc(C)cc(Nc2cccc(NC(C)=O)c2)n1. The summed E-state index contributed by atoms with van der Waals surface area (Å²) >= 11 is 0. The molecular weight excluding hydrogens is 362 g/mol. The van der Waals surface area contributed by atoms with Gasteiger partial charge in [-0.1, -0.05) is 38.1 Å². The second-order valence-electron chi connectivity index (χ2n) is 6.89. The predicted octanol–water partition coefficient (Wildman–Crippen LogP) is 5.36. The second kappa shape index (κ2) is 9.19. The van der Waals surface area contributed by atoms with E-state index in [2.05, 4.69) is 58.0 Å². The Hall–Kier alpha value is -3.41. The molecule has 29 heavy (non-hydrogen) atoms. The molecule has 0 aliphatic carbocycles. The van der Waals surface area contributed by atoms with Gasteiger partial charge in [0.25, 0.3) is 0 Å². The Kier molecular flexibility index (Phi) is 6.44. The van der Waals surface area contributed by atoms with Gasteiger partial charge in [-0.15, -0.1) is 0 Å². The van der Waals surface area contributed by atoms with Gasteiger partial charge in [-0.2, -0.15) is 4.98 Å². The zero-order valence-electron chi connectivity index (χ0n) is 17.3. The van der Waals surface area contributed by atoms with Crippen molar-refractivity contribution in [1.82, 2.24) is 9.97 Å². The van der Waals surface area contributed by atoms with Crippen molar-refractivity contribution >= 4 is 34.7 Å². The number of anilines is 5. The number of amides is 1. The highest BCUT2D eigenvalue weighted by atomic mass is 16.1. The lowest BCUT2D eigenvalue weighted by Crippen LogP contribution is -2.07. The van der Waals surface area contributed by atoms with E-state index in [9.17, 15) is 4.79 Å². The van der Waals surface area contributed by atoms with E-state index in [4.69, 9.17) is 0 Å². The molecule has 0 fully saturated rings. The van der Waals surface area contributed by atoms with E-state index in [1.54, 1.807) is 0 Å². The Labute approximate surface area is 171 Å². The first kappa shape index (κ1) is 20.3. The summed E-state index contributed by atoms with van der Waals surface area (Å²) in [5.74, 6) is 1.14. The fourth-order valence-corrected chi connectivity index (χ4v) is 3.23. The van der Waals surface area contributed by atoms with Crippen molar-refractivity contribution in [3.63, 3.8) is 0 Å². The summed E-state index contributed by atoms with van der Waals surface area (Å²) < 4.78 is 0. The highest BCUT2D eigenvalue weighted by Crippen LogP contribution is 2.26. The molecule has 1 heterocycles. The van der Waals surface area contributed by atoms with Gasteiger partial charge in [0, 0.05) is 35.7 Å².